The molecule has 5 heteroatoms. The number of ether oxygens (including phenoxy) is 3. The van der Waals surface area contributed by atoms with E-state index in [9.17, 15) is 4.79 Å². The fourth-order valence-corrected chi connectivity index (χ4v) is 2.91. The summed E-state index contributed by atoms with van der Waals surface area (Å²) in [4.78, 5) is 14.2. The summed E-state index contributed by atoms with van der Waals surface area (Å²) in [6, 6.07) is 5.61. The number of rotatable bonds is 5. The van der Waals surface area contributed by atoms with Gasteiger partial charge in [0.15, 0.2) is 0 Å². The van der Waals surface area contributed by atoms with Crippen molar-refractivity contribution in [3.05, 3.63) is 29.3 Å². The predicted octanol–water partition coefficient (Wildman–Crippen LogP) is 2.27. The Hall–Kier alpha value is -1.59. The summed E-state index contributed by atoms with van der Waals surface area (Å²) in [5.74, 6) is 0.832. The van der Waals surface area contributed by atoms with Gasteiger partial charge in [-0.3, -0.25) is 4.90 Å². The summed E-state index contributed by atoms with van der Waals surface area (Å²) in [6.07, 6.45) is -0.162. The fourth-order valence-electron chi connectivity index (χ4n) is 2.91. The van der Waals surface area contributed by atoms with Gasteiger partial charge in [-0.1, -0.05) is 13.8 Å². The standard InChI is InChI=1S/C17H23NO4/c1-12(2)16-15-11-13(3-4-14(15)17(19)22-16)21-10-7-18-5-8-20-9-6-18/h3-4,11-12,16H,5-10H2,1-2H3. The molecule has 0 bridgehead atoms. The van der Waals surface area contributed by atoms with Gasteiger partial charge in [-0.2, -0.15) is 0 Å². The van der Waals surface area contributed by atoms with Crippen LogP contribution in [-0.4, -0.2) is 50.3 Å². The van der Waals surface area contributed by atoms with Crippen LogP contribution in [0.25, 0.3) is 0 Å². The summed E-state index contributed by atoms with van der Waals surface area (Å²) in [6.45, 7) is 9.17. The molecule has 0 amide bonds. The number of nitrogens with zero attached hydrogens (tertiary/aromatic N) is 1. The molecule has 2 aliphatic rings. The lowest BCUT2D eigenvalue weighted by Gasteiger charge is -2.26. The third kappa shape index (κ3) is 3.25. The highest BCUT2D eigenvalue weighted by Crippen LogP contribution is 2.37. The van der Waals surface area contributed by atoms with Crippen LogP contribution in [0.1, 0.15) is 35.9 Å². The molecule has 120 valence electrons. The van der Waals surface area contributed by atoms with Gasteiger partial charge in [0.2, 0.25) is 0 Å². The SMILES string of the molecule is CC(C)C1OC(=O)c2ccc(OCCN3CCOCC3)cc21. The molecule has 1 saturated heterocycles. The highest BCUT2D eigenvalue weighted by atomic mass is 16.5. The van der Waals surface area contributed by atoms with Gasteiger partial charge in [0, 0.05) is 25.2 Å². The molecule has 1 atom stereocenters. The second-order valence-electron chi connectivity index (χ2n) is 6.12. The topological polar surface area (TPSA) is 48.0 Å². The van der Waals surface area contributed by atoms with Crippen LogP contribution in [0.4, 0.5) is 0 Å². The first-order valence-corrected chi connectivity index (χ1v) is 7.93. The van der Waals surface area contributed by atoms with Crippen LogP contribution < -0.4 is 4.74 Å². The van der Waals surface area contributed by atoms with E-state index in [2.05, 4.69) is 18.7 Å². The molecule has 0 aromatic heterocycles. The molecule has 0 aliphatic carbocycles. The molecule has 0 saturated carbocycles. The molecular weight excluding hydrogens is 282 g/mol. The van der Waals surface area contributed by atoms with Crippen LogP contribution in [0.15, 0.2) is 18.2 Å². The van der Waals surface area contributed by atoms with Gasteiger partial charge < -0.3 is 14.2 Å². The Morgan fingerprint density at radius 1 is 1.32 bits per heavy atom. The minimum absolute atomic E-state index is 0.162. The van der Waals surface area contributed by atoms with Crippen molar-refractivity contribution in [1.29, 1.82) is 0 Å². The smallest absolute Gasteiger partial charge is 0.339 e. The van der Waals surface area contributed by atoms with E-state index in [0.29, 0.717) is 12.2 Å². The average molecular weight is 305 g/mol. The van der Waals surface area contributed by atoms with Crippen molar-refractivity contribution in [2.24, 2.45) is 5.92 Å². The minimum atomic E-state index is -0.228. The number of hydrogen-bond donors (Lipinski definition) is 0. The van der Waals surface area contributed by atoms with Crippen LogP contribution >= 0.6 is 0 Å². The molecule has 3 rings (SSSR count). The molecule has 1 aromatic carbocycles. The highest BCUT2D eigenvalue weighted by molar-refractivity contribution is 5.94. The van der Waals surface area contributed by atoms with E-state index >= 15 is 0 Å². The van der Waals surface area contributed by atoms with Crippen molar-refractivity contribution >= 4 is 5.97 Å². The number of morpholine rings is 1. The number of hydrogen-bond acceptors (Lipinski definition) is 5. The minimum Gasteiger partial charge on any atom is -0.492 e. The van der Waals surface area contributed by atoms with Crippen molar-refractivity contribution in [2.45, 2.75) is 20.0 Å². The van der Waals surface area contributed by atoms with Crippen molar-refractivity contribution in [2.75, 3.05) is 39.5 Å². The number of cyclic esters (lactones) is 1. The molecule has 0 N–H and O–H groups in total. The van der Waals surface area contributed by atoms with Crippen LogP contribution in [0.3, 0.4) is 0 Å². The van der Waals surface area contributed by atoms with Gasteiger partial charge in [0.25, 0.3) is 0 Å². The van der Waals surface area contributed by atoms with Gasteiger partial charge in [-0.25, -0.2) is 4.79 Å². The van der Waals surface area contributed by atoms with Crippen LogP contribution in [0.5, 0.6) is 5.75 Å². The largest absolute Gasteiger partial charge is 0.492 e. The summed E-state index contributed by atoms with van der Waals surface area (Å²) in [5, 5.41) is 0. The molecular formula is C17H23NO4. The Labute approximate surface area is 131 Å². The Morgan fingerprint density at radius 3 is 2.82 bits per heavy atom. The lowest BCUT2D eigenvalue weighted by molar-refractivity contribution is 0.0278. The maximum Gasteiger partial charge on any atom is 0.339 e. The molecule has 1 fully saturated rings. The van der Waals surface area contributed by atoms with Gasteiger partial charge in [0.05, 0.1) is 18.8 Å². The average Bonchev–Trinajstić information content (AvgIpc) is 2.85. The number of carbonyl (C=O) groups is 1. The second kappa shape index (κ2) is 6.67. The normalized spacial score (nSPS) is 21.8. The summed E-state index contributed by atoms with van der Waals surface area (Å²) in [7, 11) is 0. The van der Waals surface area contributed by atoms with E-state index in [4.69, 9.17) is 14.2 Å². The first-order chi connectivity index (χ1) is 10.6. The van der Waals surface area contributed by atoms with Crippen molar-refractivity contribution in [3.8, 4) is 5.75 Å². The van der Waals surface area contributed by atoms with Crippen LogP contribution in [0.2, 0.25) is 0 Å². The van der Waals surface area contributed by atoms with Gasteiger partial charge in [-0.05, 0) is 24.1 Å². The van der Waals surface area contributed by atoms with E-state index in [1.165, 1.54) is 0 Å². The number of benzene rings is 1. The summed E-state index contributed by atoms with van der Waals surface area (Å²) < 4.78 is 16.6. The van der Waals surface area contributed by atoms with Gasteiger partial charge in [-0.15, -0.1) is 0 Å². The van der Waals surface area contributed by atoms with Crippen LogP contribution in [-0.2, 0) is 9.47 Å². The van der Waals surface area contributed by atoms with E-state index < -0.39 is 0 Å². The molecule has 2 heterocycles. The zero-order valence-corrected chi connectivity index (χ0v) is 13.2. The maximum atomic E-state index is 11.8. The quantitative estimate of drug-likeness (QED) is 0.781. The number of fused-ring (bicyclic) bond motifs is 1. The molecule has 1 aromatic rings. The molecule has 2 aliphatic heterocycles. The predicted molar refractivity (Wildman–Crippen MR) is 82.2 cm³/mol. The zero-order chi connectivity index (χ0) is 15.5. The van der Waals surface area contributed by atoms with Crippen LogP contribution in [0, 0.1) is 5.92 Å². The van der Waals surface area contributed by atoms with E-state index in [0.717, 1.165) is 44.2 Å². The lowest BCUT2D eigenvalue weighted by atomic mass is 9.97. The van der Waals surface area contributed by atoms with Crippen molar-refractivity contribution in [3.63, 3.8) is 0 Å². The Kier molecular flexibility index (Phi) is 4.64. The molecule has 5 nitrogen and oxygen atoms in total. The monoisotopic (exact) mass is 305 g/mol. The summed E-state index contributed by atoms with van der Waals surface area (Å²) >= 11 is 0. The van der Waals surface area contributed by atoms with E-state index in [1.54, 1.807) is 0 Å². The van der Waals surface area contributed by atoms with Crippen molar-refractivity contribution < 1.29 is 19.0 Å². The third-order valence-electron chi connectivity index (χ3n) is 4.17. The first-order valence-electron chi connectivity index (χ1n) is 7.93. The fraction of sp³-hybridized carbons (Fsp3) is 0.588. The third-order valence-corrected chi connectivity index (χ3v) is 4.17. The first kappa shape index (κ1) is 15.3. The lowest BCUT2D eigenvalue weighted by Crippen LogP contribution is -2.38. The van der Waals surface area contributed by atoms with E-state index in [1.807, 2.05) is 18.2 Å². The molecule has 0 spiro atoms. The second-order valence-corrected chi connectivity index (χ2v) is 6.12. The van der Waals surface area contributed by atoms with Crippen molar-refractivity contribution in [1.82, 2.24) is 4.90 Å². The Morgan fingerprint density at radius 2 is 2.09 bits per heavy atom. The summed E-state index contributed by atoms with van der Waals surface area (Å²) in [5.41, 5.74) is 1.61. The van der Waals surface area contributed by atoms with Gasteiger partial charge >= 0.3 is 5.97 Å². The maximum absolute atomic E-state index is 11.8. The van der Waals surface area contributed by atoms with E-state index in [-0.39, 0.29) is 18.0 Å². The number of carbonyl (C=O) groups excluding carboxylic acids is 1. The Bertz CT molecular complexity index is 537. The Balaban J connectivity index is 1.61. The zero-order valence-electron chi connectivity index (χ0n) is 13.2. The number of esters is 1. The highest BCUT2D eigenvalue weighted by Gasteiger charge is 2.33. The van der Waals surface area contributed by atoms with Gasteiger partial charge in [0.1, 0.15) is 18.5 Å². The molecule has 0 radical (unpaired) electrons. The molecule has 22 heavy (non-hydrogen) atoms. The molecule has 1 unspecified atom stereocenters.